The minimum absolute atomic E-state index is 0.0536. The normalized spacial score (nSPS) is 14.1. The molecule has 0 unspecified atom stereocenters. The van der Waals surface area contributed by atoms with Crippen LogP contribution in [0.3, 0.4) is 0 Å². The molecule has 0 fully saturated rings. The number of H-pyrrole nitrogens is 1. The van der Waals surface area contributed by atoms with E-state index in [1.165, 1.54) is 0 Å². The van der Waals surface area contributed by atoms with E-state index >= 15 is 0 Å². The molecule has 146 valence electrons. The molecule has 0 radical (unpaired) electrons. The average Bonchev–Trinajstić information content (AvgIpc) is 3.41. The summed E-state index contributed by atoms with van der Waals surface area (Å²) in [6.07, 6.45) is 0.749. The average molecular weight is 424 g/mol. The molecule has 4 heterocycles. The predicted octanol–water partition coefficient (Wildman–Crippen LogP) is 4.97. The number of aromatic amines is 1. The van der Waals surface area contributed by atoms with Crippen LogP contribution in [0.25, 0.3) is 22.0 Å². The molecule has 0 bridgehead atoms. The highest BCUT2D eigenvalue weighted by Gasteiger charge is 2.22. The van der Waals surface area contributed by atoms with Gasteiger partial charge < -0.3 is 9.40 Å². The fourth-order valence-corrected chi connectivity index (χ4v) is 4.49. The van der Waals surface area contributed by atoms with Crippen LogP contribution in [0, 0.1) is 0 Å². The lowest BCUT2D eigenvalue weighted by atomic mass is 10.1. The van der Waals surface area contributed by atoms with Gasteiger partial charge in [-0.3, -0.25) is 9.69 Å². The smallest absolute Gasteiger partial charge is 0.255 e. The molecule has 5 rings (SSSR count). The Bertz CT molecular complexity index is 1210. The number of aromatic nitrogens is 2. The van der Waals surface area contributed by atoms with E-state index in [4.69, 9.17) is 21.0 Å². The van der Waals surface area contributed by atoms with Crippen molar-refractivity contribution in [2.24, 2.45) is 0 Å². The second kappa shape index (κ2) is 7.63. The molecular weight excluding hydrogens is 406 g/mol. The van der Waals surface area contributed by atoms with E-state index in [0.29, 0.717) is 23.9 Å². The van der Waals surface area contributed by atoms with Crippen LogP contribution in [-0.4, -0.2) is 21.4 Å². The quantitative estimate of drug-likeness (QED) is 0.503. The fourth-order valence-electron chi connectivity index (χ4n) is 3.63. The third-order valence-electron chi connectivity index (χ3n) is 5.05. The highest BCUT2D eigenvalue weighted by Crippen LogP contribution is 2.27. The number of hydrogen-bond acceptors (Lipinski definition) is 5. The second-order valence-corrected chi connectivity index (χ2v) is 8.44. The number of benzene rings is 1. The molecule has 0 amide bonds. The first-order valence-corrected chi connectivity index (χ1v) is 10.6. The molecule has 1 N–H and O–H groups in total. The molecule has 4 aromatic rings. The summed E-state index contributed by atoms with van der Waals surface area (Å²) < 4.78 is 6.01. The standard InChI is InChI=1S/C22H18ClN3O2S/c23-15-4-1-3-14(11-15)19-7-6-16(28-19)12-26-9-8-18-17(13-26)22(27)25-21(24-18)20-5-2-10-29-20/h1-7,10-11H,8-9,12-13H2,(H,24,25,27). The Morgan fingerprint density at radius 3 is 2.97 bits per heavy atom. The Hall–Kier alpha value is -2.67. The first-order valence-electron chi connectivity index (χ1n) is 9.39. The van der Waals surface area contributed by atoms with Crippen molar-refractivity contribution in [2.45, 2.75) is 19.5 Å². The van der Waals surface area contributed by atoms with Gasteiger partial charge in [-0.05, 0) is 35.7 Å². The van der Waals surface area contributed by atoms with E-state index < -0.39 is 0 Å². The zero-order chi connectivity index (χ0) is 19.8. The van der Waals surface area contributed by atoms with Gasteiger partial charge in [0.1, 0.15) is 11.5 Å². The van der Waals surface area contributed by atoms with E-state index in [0.717, 1.165) is 46.2 Å². The highest BCUT2D eigenvalue weighted by molar-refractivity contribution is 7.13. The minimum Gasteiger partial charge on any atom is -0.460 e. The topological polar surface area (TPSA) is 62.1 Å². The van der Waals surface area contributed by atoms with E-state index in [1.807, 2.05) is 53.9 Å². The first kappa shape index (κ1) is 18.4. The molecule has 1 aliphatic heterocycles. The van der Waals surface area contributed by atoms with Crippen LogP contribution in [0.4, 0.5) is 0 Å². The van der Waals surface area contributed by atoms with Gasteiger partial charge in [0.15, 0.2) is 5.82 Å². The molecule has 1 aliphatic rings. The summed E-state index contributed by atoms with van der Waals surface area (Å²) in [5, 5.41) is 2.67. The number of fused-ring (bicyclic) bond motifs is 1. The summed E-state index contributed by atoms with van der Waals surface area (Å²) in [7, 11) is 0. The molecule has 29 heavy (non-hydrogen) atoms. The summed E-state index contributed by atoms with van der Waals surface area (Å²) in [5.41, 5.74) is 2.54. The van der Waals surface area contributed by atoms with Gasteiger partial charge in [0.2, 0.25) is 0 Å². The summed E-state index contributed by atoms with van der Waals surface area (Å²) in [6, 6.07) is 15.5. The molecule has 0 saturated heterocycles. The molecule has 7 heteroatoms. The molecule has 0 atom stereocenters. The van der Waals surface area contributed by atoms with Crippen LogP contribution in [0.5, 0.6) is 0 Å². The largest absolute Gasteiger partial charge is 0.460 e. The maximum absolute atomic E-state index is 12.6. The monoisotopic (exact) mass is 423 g/mol. The number of furan rings is 1. The summed E-state index contributed by atoms with van der Waals surface area (Å²) in [4.78, 5) is 23.5. The lowest BCUT2D eigenvalue weighted by molar-refractivity contribution is 0.223. The SMILES string of the molecule is O=c1[nH]c(-c2cccs2)nc2c1CN(Cc1ccc(-c3cccc(Cl)c3)o1)CC2. The summed E-state index contributed by atoms with van der Waals surface area (Å²) in [6.45, 7) is 2.04. The van der Waals surface area contributed by atoms with E-state index in [1.54, 1.807) is 11.3 Å². The van der Waals surface area contributed by atoms with Crippen LogP contribution in [0.15, 0.2) is 63.1 Å². The summed E-state index contributed by atoms with van der Waals surface area (Å²) in [5.74, 6) is 2.32. The van der Waals surface area contributed by atoms with Crippen molar-refractivity contribution < 1.29 is 4.42 Å². The fraction of sp³-hybridized carbons (Fsp3) is 0.182. The van der Waals surface area contributed by atoms with Crippen LogP contribution < -0.4 is 5.56 Å². The van der Waals surface area contributed by atoms with Crippen molar-refractivity contribution in [3.05, 3.63) is 86.3 Å². The Balaban J connectivity index is 1.34. The first-order chi connectivity index (χ1) is 14.2. The van der Waals surface area contributed by atoms with Gasteiger partial charge >= 0.3 is 0 Å². The molecule has 3 aromatic heterocycles. The van der Waals surface area contributed by atoms with E-state index in [9.17, 15) is 4.79 Å². The lowest BCUT2D eigenvalue weighted by Gasteiger charge is -2.26. The van der Waals surface area contributed by atoms with Gasteiger partial charge in [-0.1, -0.05) is 29.8 Å². The predicted molar refractivity (Wildman–Crippen MR) is 115 cm³/mol. The van der Waals surface area contributed by atoms with Crippen LogP contribution in [-0.2, 0) is 19.5 Å². The number of hydrogen-bond donors (Lipinski definition) is 1. The van der Waals surface area contributed by atoms with Gasteiger partial charge in [-0.2, -0.15) is 0 Å². The van der Waals surface area contributed by atoms with Gasteiger partial charge in [0.25, 0.3) is 5.56 Å². The van der Waals surface area contributed by atoms with E-state index in [-0.39, 0.29) is 5.56 Å². The van der Waals surface area contributed by atoms with E-state index in [2.05, 4.69) is 9.88 Å². The number of nitrogens with zero attached hydrogens (tertiary/aromatic N) is 2. The van der Waals surface area contributed by atoms with Crippen molar-refractivity contribution in [1.29, 1.82) is 0 Å². The Morgan fingerprint density at radius 1 is 1.21 bits per heavy atom. The molecule has 5 nitrogen and oxygen atoms in total. The van der Waals surface area contributed by atoms with Crippen molar-refractivity contribution in [3.63, 3.8) is 0 Å². The molecule has 0 saturated carbocycles. The van der Waals surface area contributed by atoms with Crippen molar-refractivity contribution >= 4 is 22.9 Å². The van der Waals surface area contributed by atoms with Crippen LogP contribution in [0.2, 0.25) is 5.02 Å². The van der Waals surface area contributed by atoms with Crippen LogP contribution >= 0.6 is 22.9 Å². The lowest BCUT2D eigenvalue weighted by Crippen LogP contribution is -2.35. The zero-order valence-electron chi connectivity index (χ0n) is 15.5. The Kier molecular flexibility index (Phi) is 4.83. The maximum atomic E-state index is 12.6. The number of nitrogens with one attached hydrogen (secondary N) is 1. The van der Waals surface area contributed by atoms with Crippen LogP contribution in [0.1, 0.15) is 17.0 Å². The molecule has 0 spiro atoms. The van der Waals surface area contributed by atoms with Gasteiger partial charge in [-0.25, -0.2) is 4.98 Å². The Morgan fingerprint density at radius 2 is 2.14 bits per heavy atom. The van der Waals surface area contributed by atoms with Crippen molar-refractivity contribution in [3.8, 4) is 22.0 Å². The zero-order valence-corrected chi connectivity index (χ0v) is 17.1. The van der Waals surface area contributed by atoms with Crippen molar-refractivity contribution in [2.75, 3.05) is 6.54 Å². The molecule has 0 aliphatic carbocycles. The number of halogens is 1. The third-order valence-corrected chi connectivity index (χ3v) is 6.16. The third kappa shape index (κ3) is 3.79. The number of rotatable bonds is 4. The summed E-state index contributed by atoms with van der Waals surface area (Å²) >= 11 is 7.65. The second-order valence-electron chi connectivity index (χ2n) is 7.05. The highest BCUT2D eigenvalue weighted by atomic mass is 35.5. The Labute approximate surface area is 176 Å². The molecule has 1 aromatic carbocycles. The number of thiophene rings is 1. The van der Waals surface area contributed by atoms with Gasteiger partial charge in [-0.15, -0.1) is 11.3 Å². The molecular formula is C22H18ClN3O2S. The van der Waals surface area contributed by atoms with Gasteiger partial charge in [0.05, 0.1) is 22.7 Å². The maximum Gasteiger partial charge on any atom is 0.255 e. The minimum atomic E-state index is -0.0536. The van der Waals surface area contributed by atoms with Gasteiger partial charge in [0, 0.05) is 30.1 Å². The van der Waals surface area contributed by atoms with Crippen molar-refractivity contribution in [1.82, 2.24) is 14.9 Å².